The molecule has 3 rings (SSSR count). The Morgan fingerprint density at radius 1 is 0.880 bits per heavy atom. The van der Waals surface area contributed by atoms with Crippen molar-refractivity contribution in [2.24, 2.45) is 5.92 Å². The Morgan fingerprint density at radius 3 is 2.16 bits per heavy atom. The highest BCUT2D eigenvalue weighted by atomic mass is 35.5. The highest BCUT2D eigenvalue weighted by Gasteiger charge is 2.29. The molecule has 0 aromatic heterocycles. The van der Waals surface area contributed by atoms with Gasteiger partial charge in [-0.15, -0.1) is 0 Å². The average Bonchev–Trinajstić information content (AvgIpc) is 3.45. The molecule has 7 heteroatoms. The minimum atomic E-state index is -0.482. The fourth-order valence-corrected chi connectivity index (χ4v) is 2.31. The van der Waals surface area contributed by atoms with E-state index in [4.69, 9.17) is 11.6 Å². The minimum Gasteiger partial charge on any atom is -0.326 e. The van der Waals surface area contributed by atoms with Crippen molar-refractivity contribution in [1.29, 1.82) is 0 Å². The van der Waals surface area contributed by atoms with Crippen LogP contribution in [0.15, 0.2) is 48.5 Å². The molecular weight excluding hydrogens is 342 g/mol. The number of halogens is 1. The molecule has 3 amide bonds. The van der Waals surface area contributed by atoms with E-state index in [1.807, 2.05) is 0 Å². The van der Waals surface area contributed by atoms with E-state index >= 15 is 0 Å². The molecule has 0 aliphatic heterocycles. The Morgan fingerprint density at radius 2 is 1.52 bits per heavy atom. The van der Waals surface area contributed by atoms with Crippen molar-refractivity contribution in [3.8, 4) is 0 Å². The van der Waals surface area contributed by atoms with E-state index in [9.17, 15) is 14.4 Å². The summed E-state index contributed by atoms with van der Waals surface area (Å²) in [6, 6.07) is 12.8. The number of hydrogen-bond donors (Lipinski definition) is 3. The molecule has 25 heavy (non-hydrogen) atoms. The van der Waals surface area contributed by atoms with Gasteiger partial charge in [0.2, 0.25) is 5.91 Å². The van der Waals surface area contributed by atoms with Crippen LogP contribution in [0.3, 0.4) is 0 Å². The monoisotopic (exact) mass is 357 g/mol. The molecule has 0 radical (unpaired) electrons. The van der Waals surface area contributed by atoms with Gasteiger partial charge in [-0.05, 0) is 55.3 Å². The summed E-state index contributed by atoms with van der Waals surface area (Å²) in [5, 5.41) is 3.30. The van der Waals surface area contributed by atoms with Crippen LogP contribution in [0.25, 0.3) is 0 Å². The van der Waals surface area contributed by atoms with Crippen LogP contribution in [-0.4, -0.2) is 17.7 Å². The van der Waals surface area contributed by atoms with Crippen LogP contribution < -0.4 is 16.2 Å². The average molecular weight is 358 g/mol. The largest absolute Gasteiger partial charge is 0.326 e. The minimum absolute atomic E-state index is 0.0337. The van der Waals surface area contributed by atoms with Crippen molar-refractivity contribution in [2.75, 3.05) is 5.32 Å². The topological polar surface area (TPSA) is 87.3 Å². The third-order valence-electron chi connectivity index (χ3n) is 3.74. The normalized spacial score (nSPS) is 13.0. The lowest BCUT2D eigenvalue weighted by Crippen LogP contribution is -2.41. The fraction of sp³-hybridized carbons (Fsp3) is 0.167. The summed E-state index contributed by atoms with van der Waals surface area (Å²) in [5.74, 6) is -0.891. The Hall–Kier alpha value is -2.86. The zero-order chi connectivity index (χ0) is 17.8. The Kier molecular flexibility index (Phi) is 5.00. The lowest BCUT2D eigenvalue weighted by molar-refractivity contribution is -0.117. The predicted molar refractivity (Wildman–Crippen MR) is 94.2 cm³/mol. The maximum absolute atomic E-state index is 12.2. The molecule has 0 saturated heterocycles. The van der Waals surface area contributed by atoms with Gasteiger partial charge in [-0.25, -0.2) is 0 Å². The second-order valence-corrected chi connectivity index (χ2v) is 6.20. The number of hydrazine groups is 1. The Balaban J connectivity index is 1.58. The van der Waals surface area contributed by atoms with Crippen LogP contribution in [0.4, 0.5) is 5.69 Å². The molecule has 6 nitrogen and oxygen atoms in total. The van der Waals surface area contributed by atoms with E-state index in [1.165, 1.54) is 0 Å². The lowest BCUT2D eigenvalue weighted by Gasteiger charge is -2.09. The van der Waals surface area contributed by atoms with Crippen molar-refractivity contribution < 1.29 is 14.4 Å². The van der Waals surface area contributed by atoms with Gasteiger partial charge in [0, 0.05) is 27.8 Å². The summed E-state index contributed by atoms with van der Waals surface area (Å²) in [6.07, 6.45) is 1.81. The molecule has 0 unspecified atom stereocenters. The van der Waals surface area contributed by atoms with Crippen molar-refractivity contribution in [1.82, 2.24) is 10.9 Å². The molecule has 1 aliphatic rings. The van der Waals surface area contributed by atoms with Crippen LogP contribution in [0, 0.1) is 5.92 Å². The van der Waals surface area contributed by atoms with Gasteiger partial charge in [-0.2, -0.15) is 0 Å². The summed E-state index contributed by atoms with van der Waals surface area (Å²) in [7, 11) is 0. The van der Waals surface area contributed by atoms with E-state index in [1.54, 1.807) is 48.5 Å². The van der Waals surface area contributed by atoms with Gasteiger partial charge in [0.25, 0.3) is 11.8 Å². The third-order valence-corrected chi connectivity index (χ3v) is 3.99. The Labute approximate surface area is 149 Å². The summed E-state index contributed by atoms with van der Waals surface area (Å²) < 4.78 is 0. The van der Waals surface area contributed by atoms with E-state index in [0.717, 1.165) is 12.8 Å². The van der Waals surface area contributed by atoms with Crippen molar-refractivity contribution in [3.63, 3.8) is 0 Å². The number of anilines is 1. The van der Waals surface area contributed by atoms with Gasteiger partial charge >= 0.3 is 0 Å². The third kappa shape index (κ3) is 4.58. The smallest absolute Gasteiger partial charge is 0.269 e. The second-order valence-electron chi connectivity index (χ2n) is 5.76. The number of rotatable bonds is 4. The highest BCUT2D eigenvalue weighted by molar-refractivity contribution is 6.30. The molecule has 0 bridgehead atoms. The highest BCUT2D eigenvalue weighted by Crippen LogP contribution is 2.30. The van der Waals surface area contributed by atoms with Crippen molar-refractivity contribution in [2.45, 2.75) is 12.8 Å². The lowest BCUT2D eigenvalue weighted by atomic mass is 10.2. The molecule has 3 N–H and O–H groups in total. The predicted octanol–water partition coefficient (Wildman–Crippen LogP) is 2.76. The summed E-state index contributed by atoms with van der Waals surface area (Å²) in [5.41, 5.74) is 5.92. The zero-order valence-corrected chi connectivity index (χ0v) is 14.0. The fourth-order valence-electron chi connectivity index (χ4n) is 2.19. The summed E-state index contributed by atoms with van der Waals surface area (Å²) >= 11 is 5.77. The standard InChI is InChI=1S/C18H16ClN3O3/c19-14-8-6-12(7-9-14)17(24)21-22-18(25)13-2-1-3-15(10-13)20-16(23)11-4-5-11/h1-3,6-11H,4-5H2,(H,20,23)(H,21,24)(H,22,25). The number of amides is 3. The SMILES string of the molecule is O=C(NNC(=O)c1cccc(NC(=O)C2CC2)c1)c1ccc(Cl)cc1. The molecule has 2 aromatic carbocycles. The first-order valence-corrected chi connectivity index (χ1v) is 8.18. The first-order chi connectivity index (χ1) is 12.0. The van der Waals surface area contributed by atoms with Crippen LogP contribution >= 0.6 is 11.6 Å². The molecule has 2 aromatic rings. The van der Waals surface area contributed by atoms with Gasteiger partial charge in [0.1, 0.15) is 0 Å². The molecule has 0 spiro atoms. The second kappa shape index (κ2) is 7.36. The summed E-state index contributed by atoms with van der Waals surface area (Å²) in [6.45, 7) is 0. The number of hydrogen-bond acceptors (Lipinski definition) is 3. The molecule has 1 fully saturated rings. The van der Waals surface area contributed by atoms with E-state index in [-0.39, 0.29) is 11.8 Å². The van der Waals surface area contributed by atoms with Gasteiger partial charge in [-0.3, -0.25) is 25.2 Å². The molecule has 128 valence electrons. The van der Waals surface area contributed by atoms with Crippen LogP contribution in [0.5, 0.6) is 0 Å². The molecule has 1 aliphatic carbocycles. The van der Waals surface area contributed by atoms with E-state index < -0.39 is 11.8 Å². The summed E-state index contributed by atoms with van der Waals surface area (Å²) in [4.78, 5) is 35.9. The van der Waals surface area contributed by atoms with Gasteiger partial charge in [0.05, 0.1) is 0 Å². The quantitative estimate of drug-likeness (QED) is 0.735. The van der Waals surface area contributed by atoms with Crippen LogP contribution in [0.2, 0.25) is 5.02 Å². The van der Waals surface area contributed by atoms with Crippen molar-refractivity contribution in [3.05, 3.63) is 64.7 Å². The van der Waals surface area contributed by atoms with Gasteiger partial charge < -0.3 is 5.32 Å². The first kappa shape index (κ1) is 17.0. The number of nitrogens with one attached hydrogen (secondary N) is 3. The first-order valence-electron chi connectivity index (χ1n) is 7.80. The number of benzene rings is 2. The number of carbonyl (C=O) groups excluding carboxylic acids is 3. The Bertz CT molecular complexity index is 817. The molecule has 0 heterocycles. The van der Waals surface area contributed by atoms with E-state index in [0.29, 0.717) is 21.8 Å². The van der Waals surface area contributed by atoms with Crippen molar-refractivity contribution >= 4 is 35.0 Å². The van der Waals surface area contributed by atoms with Gasteiger partial charge in [0.15, 0.2) is 0 Å². The zero-order valence-electron chi connectivity index (χ0n) is 13.2. The molecule has 0 atom stereocenters. The molecular formula is C18H16ClN3O3. The van der Waals surface area contributed by atoms with Crippen LogP contribution in [0.1, 0.15) is 33.6 Å². The van der Waals surface area contributed by atoms with Gasteiger partial charge in [-0.1, -0.05) is 17.7 Å². The number of carbonyl (C=O) groups is 3. The molecule has 1 saturated carbocycles. The van der Waals surface area contributed by atoms with Crippen LogP contribution in [-0.2, 0) is 4.79 Å². The maximum Gasteiger partial charge on any atom is 0.269 e. The maximum atomic E-state index is 12.2. The van der Waals surface area contributed by atoms with E-state index in [2.05, 4.69) is 16.2 Å².